The van der Waals surface area contributed by atoms with Gasteiger partial charge in [0.1, 0.15) is 5.82 Å². The molecule has 1 aromatic heterocycles. The molecule has 0 bridgehead atoms. The first-order valence-corrected chi connectivity index (χ1v) is 7.40. The highest BCUT2D eigenvalue weighted by Crippen LogP contribution is 2.34. The third-order valence-electron chi connectivity index (χ3n) is 2.43. The Morgan fingerprint density at radius 2 is 1.80 bits per heavy atom. The summed E-state index contributed by atoms with van der Waals surface area (Å²) in [7, 11) is 0. The number of aromatic nitrogens is 1. The van der Waals surface area contributed by atoms with Crippen LogP contribution in [-0.4, -0.2) is 9.73 Å². The minimum absolute atomic E-state index is 0.193. The van der Waals surface area contributed by atoms with Gasteiger partial charge in [-0.05, 0) is 12.1 Å². The minimum atomic E-state index is 0.193. The second-order valence-corrected chi connectivity index (χ2v) is 7.25. The van der Waals surface area contributed by atoms with Crippen LogP contribution in [0.3, 0.4) is 0 Å². The van der Waals surface area contributed by atoms with Gasteiger partial charge in [-0.3, -0.25) is 5.43 Å². The van der Waals surface area contributed by atoms with Crippen molar-refractivity contribution in [2.75, 3.05) is 5.43 Å². The summed E-state index contributed by atoms with van der Waals surface area (Å²) in [6.45, 7) is 8.61. The van der Waals surface area contributed by atoms with Crippen molar-refractivity contribution in [3.8, 4) is 0 Å². The summed E-state index contributed by atoms with van der Waals surface area (Å²) >= 11 is 1.86. The monoisotopic (exact) mass is 286 g/mol. The number of hydrazine groups is 1. The Hall–Kier alpha value is -1.65. The van der Waals surface area contributed by atoms with E-state index in [0.29, 0.717) is 0 Å². The first-order chi connectivity index (χ1) is 9.54. The quantitative estimate of drug-likeness (QED) is 0.493. The molecule has 1 aromatic carbocycles. The van der Waals surface area contributed by atoms with Crippen LogP contribution in [0.2, 0.25) is 0 Å². The Balaban J connectivity index is 1.96. The van der Waals surface area contributed by atoms with E-state index in [9.17, 15) is 0 Å². The van der Waals surface area contributed by atoms with E-state index >= 15 is 0 Å². The lowest BCUT2D eigenvalue weighted by molar-refractivity contribution is 0.801. The molecule has 2 N–H and O–H groups in total. The molecule has 0 amide bonds. The van der Waals surface area contributed by atoms with E-state index in [0.717, 1.165) is 11.4 Å². The standard InChI is InChI=1S/C16H20N3S/c1-16(2,3)20-14-9-5-4-8-13(14)12-18-19-15-10-6-7-11-17-15/h4-12,18H,1-3H3,(H,17,19)/q-1. The molecule has 0 spiro atoms. The van der Waals surface area contributed by atoms with Crippen molar-refractivity contribution in [1.82, 2.24) is 10.4 Å². The molecule has 0 aliphatic heterocycles. The van der Waals surface area contributed by atoms with Gasteiger partial charge >= 0.3 is 0 Å². The summed E-state index contributed by atoms with van der Waals surface area (Å²) in [5.74, 6) is 0.796. The molecule has 0 saturated heterocycles. The first-order valence-electron chi connectivity index (χ1n) is 6.58. The summed E-state index contributed by atoms with van der Waals surface area (Å²) in [6, 6.07) is 14.1. The van der Waals surface area contributed by atoms with Crippen LogP contribution < -0.4 is 10.9 Å². The molecule has 0 atom stereocenters. The maximum absolute atomic E-state index is 4.19. The Kier molecular flexibility index (Phi) is 4.93. The van der Waals surface area contributed by atoms with E-state index in [1.807, 2.05) is 42.6 Å². The highest BCUT2D eigenvalue weighted by atomic mass is 32.2. The number of nitrogens with zero attached hydrogens (tertiary/aromatic N) is 1. The van der Waals surface area contributed by atoms with Crippen LogP contribution in [0.4, 0.5) is 5.82 Å². The summed E-state index contributed by atoms with van der Waals surface area (Å²) in [6.07, 6.45) is 1.76. The van der Waals surface area contributed by atoms with Crippen LogP contribution in [-0.2, 0) is 0 Å². The smallest absolute Gasteiger partial charge is 0.139 e. The summed E-state index contributed by atoms with van der Waals surface area (Å²) in [4.78, 5) is 5.45. The molecule has 106 valence electrons. The van der Waals surface area contributed by atoms with Crippen molar-refractivity contribution in [3.05, 3.63) is 60.8 Å². The van der Waals surface area contributed by atoms with E-state index < -0.39 is 0 Å². The van der Waals surface area contributed by atoms with Gasteiger partial charge in [-0.1, -0.05) is 37.8 Å². The van der Waals surface area contributed by atoms with Gasteiger partial charge in [0.25, 0.3) is 0 Å². The van der Waals surface area contributed by atoms with E-state index in [4.69, 9.17) is 0 Å². The van der Waals surface area contributed by atoms with Crippen LogP contribution in [0.25, 0.3) is 0 Å². The van der Waals surface area contributed by atoms with Gasteiger partial charge in [-0.25, -0.2) is 4.98 Å². The lowest BCUT2D eigenvalue weighted by Gasteiger charge is -2.26. The molecule has 2 rings (SSSR count). The summed E-state index contributed by atoms with van der Waals surface area (Å²) in [5, 5.41) is 0. The number of rotatable bonds is 5. The van der Waals surface area contributed by atoms with E-state index in [2.05, 4.69) is 54.8 Å². The molecule has 1 heterocycles. The van der Waals surface area contributed by atoms with E-state index in [1.165, 1.54) is 4.90 Å². The van der Waals surface area contributed by atoms with E-state index in [-0.39, 0.29) is 4.75 Å². The normalized spacial score (nSPS) is 11.2. The molecule has 2 aromatic rings. The topological polar surface area (TPSA) is 37.0 Å². The van der Waals surface area contributed by atoms with Gasteiger partial charge in [0.05, 0.1) is 0 Å². The van der Waals surface area contributed by atoms with Gasteiger partial charge in [0.15, 0.2) is 0 Å². The zero-order valence-electron chi connectivity index (χ0n) is 12.1. The Bertz CT molecular complexity index is 535. The van der Waals surface area contributed by atoms with Crippen molar-refractivity contribution in [1.29, 1.82) is 0 Å². The highest BCUT2D eigenvalue weighted by Gasteiger charge is 2.09. The third kappa shape index (κ3) is 4.79. The molecule has 0 fully saturated rings. The van der Waals surface area contributed by atoms with Gasteiger partial charge in [-0.2, -0.15) is 23.4 Å². The van der Waals surface area contributed by atoms with Crippen LogP contribution in [0.1, 0.15) is 26.3 Å². The molecule has 20 heavy (non-hydrogen) atoms. The molecule has 0 aliphatic rings. The Labute approximate surface area is 125 Å². The summed E-state index contributed by atoms with van der Waals surface area (Å²) in [5.41, 5.74) is 7.31. The fourth-order valence-corrected chi connectivity index (χ4v) is 2.70. The first kappa shape index (κ1) is 14.8. The van der Waals surface area contributed by atoms with Crippen LogP contribution in [0, 0.1) is 6.54 Å². The molecule has 4 heteroatoms. The van der Waals surface area contributed by atoms with Crippen LogP contribution >= 0.6 is 11.8 Å². The second-order valence-electron chi connectivity index (χ2n) is 5.38. The molecular weight excluding hydrogens is 266 g/mol. The predicted molar refractivity (Wildman–Crippen MR) is 86.4 cm³/mol. The number of thioether (sulfide) groups is 1. The molecule has 3 nitrogen and oxygen atoms in total. The number of nitrogens with one attached hydrogen (secondary N) is 2. The molecule has 0 unspecified atom stereocenters. The molecular formula is C16H20N3S-. The molecule has 0 aliphatic carbocycles. The third-order valence-corrected chi connectivity index (χ3v) is 3.63. The van der Waals surface area contributed by atoms with Crippen LogP contribution in [0.5, 0.6) is 0 Å². The minimum Gasteiger partial charge on any atom is -0.313 e. The maximum atomic E-state index is 4.19. The van der Waals surface area contributed by atoms with Crippen molar-refractivity contribution in [2.45, 2.75) is 30.4 Å². The van der Waals surface area contributed by atoms with Gasteiger partial charge in [0, 0.05) is 10.9 Å². The number of benzene rings is 1. The molecule has 0 radical (unpaired) electrons. The van der Waals surface area contributed by atoms with Crippen molar-refractivity contribution in [2.24, 2.45) is 0 Å². The highest BCUT2D eigenvalue weighted by molar-refractivity contribution is 8.00. The zero-order chi connectivity index (χ0) is 14.4. The average molecular weight is 286 g/mol. The predicted octanol–water partition coefficient (Wildman–Crippen LogP) is 4.10. The van der Waals surface area contributed by atoms with Crippen molar-refractivity contribution in [3.63, 3.8) is 0 Å². The second kappa shape index (κ2) is 6.68. The maximum Gasteiger partial charge on any atom is 0.139 e. The number of hydrogen-bond donors (Lipinski definition) is 2. The Morgan fingerprint density at radius 1 is 1.05 bits per heavy atom. The lowest BCUT2D eigenvalue weighted by Crippen LogP contribution is -2.20. The van der Waals surface area contributed by atoms with Gasteiger partial charge in [0.2, 0.25) is 0 Å². The number of anilines is 1. The Morgan fingerprint density at radius 3 is 2.50 bits per heavy atom. The van der Waals surface area contributed by atoms with Gasteiger partial charge in [-0.15, -0.1) is 18.7 Å². The number of pyridine rings is 1. The average Bonchev–Trinajstić information content (AvgIpc) is 2.40. The molecule has 0 saturated carbocycles. The fourth-order valence-electron chi connectivity index (χ4n) is 1.65. The van der Waals surface area contributed by atoms with Crippen molar-refractivity contribution >= 4 is 17.6 Å². The summed E-state index contributed by atoms with van der Waals surface area (Å²) < 4.78 is 0.193. The van der Waals surface area contributed by atoms with Crippen molar-refractivity contribution < 1.29 is 0 Å². The fraction of sp³-hybridized carbons (Fsp3) is 0.250. The lowest BCUT2D eigenvalue weighted by atomic mass is 10.2. The van der Waals surface area contributed by atoms with Crippen LogP contribution in [0.15, 0.2) is 53.6 Å². The van der Waals surface area contributed by atoms with Gasteiger partial charge < -0.3 is 5.43 Å². The zero-order valence-corrected chi connectivity index (χ0v) is 12.9. The largest absolute Gasteiger partial charge is 0.313 e. The number of hydrogen-bond acceptors (Lipinski definition) is 4. The SMILES string of the molecule is CC(C)(C)Sc1ccccc1[CH-]NNc1ccccn1. The van der Waals surface area contributed by atoms with E-state index in [1.54, 1.807) is 6.20 Å².